The Hall–Kier alpha value is -2.73. The number of hydrogen-bond donors (Lipinski definition) is 0. The predicted molar refractivity (Wildman–Crippen MR) is 94.3 cm³/mol. The maximum absolute atomic E-state index is 12.1. The topological polar surface area (TPSA) is 74.1 Å². The van der Waals surface area contributed by atoms with E-state index in [4.69, 9.17) is 16.3 Å². The van der Waals surface area contributed by atoms with Crippen LogP contribution in [0.25, 0.3) is 10.9 Å². The Labute approximate surface area is 149 Å². The molecule has 0 saturated carbocycles. The molecule has 0 saturated heterocycles. The fourth-order valence-electron chi connectivity index (χ4n) is 2.50. The molecule has 0 radical (unpaired) electrons. The molecule has 0 fully saturated rings. The van der Waals surface area contributed by atoms with Crippen LogP contribution < -0.4 is 5.56 Å². The second kappa shape index (κ2) is 7.44. The third kappa shape index (κ3) is 4.03. The van der Waals surface area contributed by atoms with Crippen molar-refractivity contribution in [1.82, 2.24) is 14.5 Å². The van der Waals surface area contributed by atoms with Gasteiger partial charge in [-0.3, -0.25) is 9.59 Å². The molecule has 3 rings (SSSR count). The minimum atomic E-state index is -0.364. The van der Waals surface area contributed by atoms with Crippen LogP contribution in [0.2, 0.25) is 5.15 Å². The molecule has 3 aromatic rings. The average Bonchev–Trinajstić information content (AvgIpc) is 2.63. The van der Waals surface area contributed by atoms with Crippen LogP contribution in [0.5, 0.6) is 0 Å². The maximum atomic E-state index is 12.1. The van der Waals surface area contributed by atoms with Crippen molar-refractivity contribution in [3.05, 3.63) is 69.5 Å². The molecule has 0 aliphatic carbocycles. The zero-order chi connectivity index (χ0) is 17.8. The summed E-state index contributed by atoms with van der Waals surface area (Å²) in [5.74, 6) is 0.186. The largest absolute Gasteiger partial charge is 0.461 e. The fourth-order valence-corrected chi connectivity index (χ4v) is 2.62. The SMILES string of the molecule is Cn1c(CCC(=O)OCc2ccc(Cl)nc2)nc(=O)c2ccccc21. The van der Waals surface area contributed by atoms with Gasteiger partial charge in [0.25, 0.3) is 5.56 Å². The summed E-state index contributed by atoms with van der Waals surface area (Å²) in [5, 5.41) is 0.949. The molecule has 25 heavy (non-hydrogen) atoms. The summed E-state index contributed by atoms with van der Waals surface area (Å²) in [6.07, 6.45) is 2.03. The summed E-state index contributed by atoms with van der Waals surface area (Å²) in [5.41, 5.74) is 1.26. The molecule has 2 aromatic heterocycles. The lowest BCUT2D eigenvalue weighted by Gasteiger charge is -2.11. The van der Waals surface area contributed by atoms with Crippen LogP contribution in [0.1, 0.15) is 17.8 Å². The average molecular weight is 358 g/mol. The summed E-state index contributed by atoms with van der Waals surface area (Å²) in [4.78, 5) is 32.0. The number of esters is 1. The lowest BCUT2D eigenvalue weighted by Crippen LogP contribution is -2.18. The Morgan fingerprint density at radius 2 is 2.04 bits per heavy atom. The van der Waals surface area contributed by atoms with Crippen molar-refractivity contribution in [2.24, 2.45) is 7.05 Å². The van der Waals surface area contributed by atoms with Gasteiger partial charge in [0.15, 0.2) is 0 Å². The number of hydrogen-bond acceptors (Lipinski definition) is 5. The number of para-hydroxylation sites is 1. The Kier molecular flexibility index (Phi) is 5.09. The number of fused-ring (bicyclic) bond motifs is 1. The first-order valence-corrected chi connectivity index (χ1v) is 8.13. The Morgan fingerprint density at radius 1 is 1.24 bits per heavy atom. The van der Waals surface area contributed by atoms with E-state index in [0.717, 1.165) is 11.1 Å². The van der Waals surface area contributed by atoms with Crippen molar-refractivity contribution < 1.29 is 9.53 Å². The normalized spacial score (nSPS) is 10.8. The van der Waals surface area contributed by atoms with Gasteiger partial charge in [-0.1, -0.05) is 29.8 Å². The molecule has 0 bridgehead atoms. The van der Waals surface area contributed by atoms with Crippen molar-refractivity contribution in [1.29, 1.82) is 0 Å². The van der Waals surface area contributed by atoms with E-state index in [1.165, 1.54) is 0 Å². The lowest BCUT2D eigenvalue weighted by molar-refractivity contribution is -0.144. The van der Waals surface area contributed by atoms with Gasteiger partial charge in [0, 0.05) is 25.2 Å². The van der Waals surface area contributed by atoms with Crippen LogP contribution in [-0.4, -0.2) is 20.5 Å². The molecule has 128 valence electrons. The van der Waals surface area contributed by atoms with Crippen LogP contribution in [0, 0.1) is 0 Å². The third-order valence-electron chi connectivity index (χ3n) is 3.85. The number of carbonyl (C=O) groups is 1. The zero-order valence-corrected chi connectivity index (χ0v) is 14.4. The third-order valence-corrected chi connectivity index (χ3v) is 4.08. The molecule has 0 aliphatic rings. The highest BCUT2D eigenvalue weighted by molar-refractivity contribution is 6.29. The van der Waals surface area contributed by atoms with E-state index in [2.05, 4.69) is 9.97 Å². The molecule has 0 N–H and O–H groups in total. The van der Waals surface area contributed by atoms with Gasteiger partial charge in [-0.25, -0.2) is 4.98 Å². The highest BCUT2D eigenvalue weighted by atomic mass is 35.5. The number of pyridine rings is 1. The minimum Gasteiger partial charge on any atom is -0.461 e. The van der Waals surface area contributed by atoms with Crippen LogP contribution in [0.3, 0.4) is 0 Å². The second-order valence-corrected chi connectivity index (χ2v) is 5.95. The highest BCUT2D eigenvalue weighted by Crippen LogP contribution is 2.11. The number of rotatable bonds is 5. The van der Waals surface area contributed by atoms with E-state index >= 15 is 0 Å². The first-order chi connectivity index (χ1) is 12.0. The molecule has 0 atom stereocenters. The quantitative estimate of drug-likeness (QED) is 0.518. The molecule has 6 nitrogen and oxygen atoms in total. The highest BCUT2D eigenvalue weighted by Gasteiger charge is 2.11. The van der Waals surface area contributed by atoms with Crippen LogP contribution in [0.15, 0.2) is 47.4 Å². The molecule has 2 heterocycles. The van der Waals surface area contributed by atoms with Crippen molar-refractivity contribution >= 4 is 28.5 Å². The summed E-state index contributed by atoms with van der Waals surface area (Å²) in [7, 11) is 1.83. The van der Waals surface area contributed by atoms with E-state index in [1.54, 1.807) is 30.5 Å². The van der Waals surface area contributed by atoms with Gasteiger partial charge in [0.2, 0.25) is 0 Å². The summed E-state index contributed by atoms with van der Waals surface area (Å²) >= 11 is 5.71. The molecule has 0 unspecified atom stereocenters. The van der Waals surface area contributed by atoms with Crippen molar-refractivity contribution in [2.75, 3.05) is 0 Å². The van der Waals surface area contributed by atoms with Gasteiger partial charge in [-0.15, -0.1) is 0 Å². The van der Waals surface area contributed by atoms with Gasteiger partial charge in [0.1, 0.15) is 17.6 Å². The molecule has 0 spiro atoms. The summed E-state index contributed by atoms with van der Waals surface area (Å²) in [6.45, 7) is 0.132. The van der Waals surface area contributed by atoms with Gasteiger partial charge >= 0.3 is 5.97 Å². The van der Waals surface area contributed by atoms with E-state index in [0.29, 0.717) is 22.8 Å². The smallest absolute Gasteiger partial charge is 0.306 e. The van der Waals surface area contributed by atoms with Gasteiger partial charge in [-0.05, 0) is 18.2 Å². The lowest BCUT2D eigenvalue weighted by atomic mass is 10.2. The molecular formula is C18H16ClN3O3. The van der Waals surface area contributed by atoms with Crippen LogP contribution in [0.4, 0.5) is 0 Å². The van der Waals surface area contributed by atoms with Gasteiger partial charge < -0.3 is 9.30 Å². The van der Waals surface area contributed by atoms with Gasteiger partial charge in [-0.2, -0.15) is 4.98 Å². The number of carbonyl (C=O) groups excluding carboxylic acids is 1. The number of benzene rings is 1. The predicted octanol–water partition coefficient (Wildman–Crippen LogP) is 2.66. The monoisotopic (exact) mass is 357 g/mol. The van der Waals surface area contributed by atoms with Crippen LogP contribution >= 0.6 is 11.6 Å². The molecule has 1 aromatic carbocycles. The number of nitrogens with zero attached hydrogens (tertiary/aromatic N) is 3. The molecule has 7 heteroatoms. The number of aromatic nitrogens is 3. The number of aryl methyl sites for hydroxylation is 2. The summed E-state index contributed by atoms with van der Waals surface area (Å²) in [6, 6.07) is 10.6. The van der Waals surface area contributed by atoms with Gasteiger partial charge in [0.05, 0.1) is 17.3 Å². The molecular weight excluding hydrogens is 342 g/mol. The Balaban J connectivity index is 1.64. The van der Waals surface area contributed by atoms with Crippen molar-refractivity contribution in [2.45, 2.75) is 19.4 Å². The first kappa shape index (κ1) is 17.1. The number of halogens is 1. The van der Waals surface area contributed by atoms with E-state index in [-0.39, 0.29) is 24.6 Å². The first-order valence-electron chi connectivity index (χ1n) is 7.75. The second-order valence-electron chi connectivity index (χ2n) is 5.56. The van der Waals surface area contributed by atoms with E-state index in [1.807, 2.05) is 23.7 Å². The van der Waals surface area contributed by atoms with Crippen LogP contribution in [-0.2, 0) is 29.6 Å². The maximum Gasteiger partial charge on any atom is 0.306 e. The fraction of sp³-hybridized carbons (Fsp3) is 0.222. The standard InChI is InChI=1S/C18H16ClN3O3/c1-22-14-5-3-2-4-13(14)18(24)21-16(22)8-9-17(23)25-11-12-6-7-15(19)20-10-12/h2-7,10H,8-9,11H2,1H3. The number of ether oxygens (including phenoxy) is 1. The minimum absolute atomic E-state index is 0.132. The Morgan fingerprint density at radius 3 is 2.80 bits per heavy atom. The van der Waals surface area contributed by atoms with Crippen molar-refractivity contribution in [3.8, 4) is 0 Å². The van der Waals surface area contributed by atoms with E-state index in [9.17, 15) is 9.59 Å². The molecule has 0 amide bonds. The summed E-state index contributed by atoms with van der Waals surface area (Å²) < 4.78 is 7.04. The zero-order valence-electron chi connectivity index (χ0n) is 13.6. The molecule has 0 aliphatic heterocycles. The van der Waals surface area contributed by atoms with E-state index < -0.39 is 0 Å². The van der Waals surface area contributed by atoms with Crippen molar-refractivity contribution in [3.63, 3.8) is 0 Å². The Bertz CT molecular complexity index is 967.